The number of halogens is 1. The Balaban J connectivity index is 1.57. The van der Waals surface area contributed by atoms with Crippen molar-refractivity contribution in [2.24, 2.45) is 0 Å². The standard InChI is InChI=1S/C23H22FN3O/c24-20-5-3-4-19(12-20)15-27(14-18-10-8-17(13-25)9-11-18)16-22-21-6-1-2-7-23(21)28-26-22/h3-5,8-12H,1-2,6-7,14-16H2. The number of aryl methyl sites for hydroxylation is 1. The van der Waals surface area contributed by atoms with Crippen LogP contribution in [0.2, 0.25) is 0 Å². The third-order valence-corrected chi connectivity index (χ3v) is 5.19. The molecule has 0 N–H and O–H groups in total. The molecule has 0 amide bonds. The Morgan fingerprint density at radius 3 is 2.57 bits per heavy atom. The molecule has 0 saturated carbocycles. The molecule has 1 aromatic heterocycles. The molecule has 0 atom stereocenters. The Kier molecular flexibility index (Phi) is 5.50. The lowest BCUT2D eigenvalue weighted by Gasteiger charge is -2.22. The fourth-order valence-electron chi connectivity index (χ4n) is 3.79. The SMILES string of the molecule is N#Cc1ccc(CN(Cc2cccc(F)c2)Cc2noc3c2CCCC3)cc1. The molecule has 0 aliphatic heterocycles. The molecule has 2 aromatic carbocycles. The smallest absolute Gasteiger partial charge is 0.140 e. The summed E-state index contributed by atoms with van der Waals surface area (Å²) < 4.78 is 19.2. The van der Waals surface area contributed by atoms with E-state index in [1.807, 2.05) is 30.3 Å². The van der Waals surface area contributed by atoms with Crippen molar-refractivity contribution in [2.75, 3.05) is 0 Å². The number of hydrogen-bond acceptors (Lipinski definition) is 4. The summed E-state index contributed by atoms with van der Waals surface area (Å²) in [7, 11) is 0. The van der Waals surface area contributed by atoms with E-state index in [0.29, 0.717) is 25.2 Å². The maximum atomic E-state index is 13.7. The van der Waals surface area contributed by atoms with Gasteiger partial charge in [0, 0.05) is 31.6 Å². The van der Waals surface area contributed by atoms with E-state index in [1.54, 1.807) is 12.1 Å². The van der Waals surface area contributed by atoms with Crippen molar-refractivity contribution in [2.45, 2.75) is 45.3 Å². The summed E-state index contributed by atoms with van der Waals surface area (Å²) in [5.41, 5.74) is 4.90. The van der Waals surface area contributed by atoms with Crippen molar-refractivity contribution >= 4 is 0 Å². The van der Waals surface area contributed by atoms with E-state index in [2.05, 4.69) is 16.1 Å². The van der Waals surface area contributed by atoms with Crippen LogP contribution < -0.4 is 0 Å². The second-order valence-corrected chi connectivity index (χ2v) is 7.32. The molecule has 1 heterocycles. The van der Waals surface area contributed by atoms with Gasteiger partial charge in [0.2, 0.25) is 0 Å². The Labute approximate surface area is 164 Å². The highest BCUT2D eigenvalue weighted by molar-refractivity contribution is 5.32. The molecule has 0 radical (unpaired) electrons. The molecule has 0 unspecified atom stereocenters. The van der Waals surface area contributed by atoms with Gasteiger partial charge >= 0.3 is 0 Å². The molecule has 5 heteroatoms. The highest BCUT2D eigenvalue weighted by Gasteiger charge is 2.21. The van der Waals surface area contributed by atoms with Gasteiger partial charge in [0.05, 0.1) is 11.6 Å². The Morgan fingerprint density at radius 2 is 1.79 bits per heavy atom. The van der Waals surface area contributed by atoms with Crippen molar-refractivity contribution in [1.29, 1.82) is 5.26 Å². The first kappa shape index (κ1) is 18.4. The minimum atomic E-state index is -0.227. The zero-order valence-electron chi connectivity index (χ0n) is 15.7. The third-order valence-electron chi connectivity index (χ3n) is 5.19. The van der Waals surface area contributed by atoms with Gasteiger partial charge in [-0.15, -0.1) is 0 Å². The summed E-state index contributed by atoms with van der Waals surface area (Å²) in [6.45, 7) is 1.94. The van der Waals surface area contributed by atoms with Crippen molar-refractivity contribution in [3.8, 4) is 6.07 Å². The number of benzene rings is 2. The van der Waals surface area contributed by atoms with E-state index in [0.717, 1.165) is 41.8 Å². The zero-order chi connectivity index (χ0) is 19.3. The average molecular weight is 375 g/mol. The first-order valence-corrected chi connectivity index (χ1v) is 9.63. The van der Waals surface area contributed by atoms with Gasteiger partial charge in [0.25, 0.3) is 0 Å². The Hall–Kier alpha value is -2.97. The van der Waals surface area contributed by atoms with Gasteiger partial charge < -0.3 is 4.52 Å². The van der Waals surface area contributed by atoms with E-state index in [-0.39, 0.29) is 5.82 Å². The maximum Gasteiger partial charge on any atom is 0.140 e. The normalized spacial score (nSPS) is 13.3. The molecule has 0 spiro atoms. The van der Waals surface area contributed by atoms with Crippen LogP contribution in [-0.2, 0) is 32.5 Å². The summed E-state index contributed by atoms with van der Waals surface area (Å²) >= 11 is 0. The first-order valence-electron chi connectivity index (χ1n) is 9.63. The van der Waals surface area contributed by atoms with Crippen LogP contribution in [0.5, 0.6) is 0 Å². The molecular weight excluding hydrogens is 353 g/mol. The summed E-state index contributed by atoms with van der Waals surface area (Å²) in [4.78, 5) is 2.24. The van der Waals surface area contributed by atoms with Gasteiger partial charge in [-0.2, -0.15) is 5.26 Å². The van der Waals surface area contributed by atoms with Crippen molar-refractivity contribution in [3.63, 3.8) is 0 Å². The predicted molar refractivity (Wildman–Crippen MR) is 104 cm³/mol. The quantitative estimate of drug-likeness (QED) is 0.623. The lowest BCUT2D eigenvalue weighted by Crippen LogP contribution is -2.23. The molecule has 0 bridgehead atoms. The van der Waals surface area contributed by atoms with Gasteiger partial charge in [0.1, 0.15) is 17.3 Å². The monoisotopic (exact) mass is 375 g/mol. The van der Waals surface area contributed by atoms with Crippen LogP contribution in [0, 0.1) is 17.1 Å². The molecular formula is C23H22FN3O. The van der Waals surface area contributed by atoms with E-state index in [4.69, 9.17) is 9.78 Å². The number of rotatable bonds is 6. The first-order chi connectivity index (χ1) is 13.7. The van der Waals surface area contributed by atoms with Crippen LogP contribution in [0.4, 0.5) is 4.39 Å². The zero-order valence-corrected chi connectivity index (χ0v) is 15.7. The van der Waals surface area contributed by atoms with Gasteiger partial charge in [-0.25, -0.2) is 4.39 Å². The molecule has 142 valence electrons. The van der Waals surface area contributed by atoms with Crippen molar-refractivity contribution in [1.82, 2.24) is 10.1 Å². The van der Waals surface area contributed by atoms with Crippen LogP contribution in [0.1, 0.15) is 46.5 Å². The second kappa shape index (κ2) is 8.37. The van der Waals surface area contributed by atoms with Gasteiger partial charge in [-0.05, 0) is 54.7 Å². The van der Waals surface area contributed by atoms with E-state index in [1.165, 1.54) is 18.1 Å². The molecule has 0 fully saturated rings. The molecule has 4 rings (SSSR count). The summed E-state index contributed by atoms with van der Waals surface area (Å²) in [6.07, 6.45) is 4.29. The minimum absolute atomic E-state index is 0.227. The van der Waals surface area contributed by atoms with Crippen LogP contribution in [0.3, 0.4) is 0 Å². The summed E-state index contributed by atoms with van der Waals surface area (Å²) in [5.74, 6) is 0.792. The van der Waals surface area contributed by atoms with Gasteiger partial charge in [-0.3, -0.25) is 4.90 Å². The number of hydrogen-bond donors (Lipinski definition) is 0. The summed E-state index contributed by atoms with van der Waals surface area (Å²) in [6, 6.07) is 16.4. The number of fused-ring (bicyclic) bond motifs is 1. The number of nitriles is 1. The van der Waals surface area contributed by atoms with Crippen LogP contribution in [-0.4, -0.2) is 10.1 Å². The van der Waals surface area contributed by atoms with E-state index < -0.39 is 0 Å². The minimum Gasteiger partial charge on any atom is -0.361 e. The molecule has 3 aromatic rings. The van der Waals surface area contributed by atoms with E-state index >= 15 is 0 Å². The highest BCUT2D eigenvalue weighted by atomic mass is 19.1. The fraction of sp³-hybridized carbons (Fsp3) is 0.304. The molecule has 0 saturated heterocycles. The van der Waals surface area contributed by atoms with Gasteiger partial charge in [0.15, 0.2) is 0 Å². The number of nitrogens with zero attached hydrogens (tertiary/aromatic N) is 3. The highest BCUT2D eigenvalue weighted by Crippen LogP contribution is 2.26. The van der Waals surface area contributed by atoms with Crippen LogP contribution in [0.15, 0.2) is 53.1 Å². The Bertz CT molecular complexity index is 988. The lowest BCUT2D eigenvalue weighted by molar-refractivity contribution is 0.238. The van der Waals surface area contributed by atoms with Crippen LogP contribution >= 0.6 is 0 Å². The van der Waals surface area contributed by atoms with E-state index in [9.17, 15) is 4.39 Å². The molecule has 4 nitrogen and oxygen atoms in total. The van der Waals surface area contributed by atoms with Crippen molar-refractivity contribution < 1.29 is 8.91 Å². The van der Waals surface area contributed by atoms with Crippen molar-refractivity contribution in [3.05, 3.63) is 88.1 Å². The topological polar surface area (TPSA) is 53.1 Å². The molecule has 1 aliphatic carbocycles. The lowest BCUT2D eigenvalue weighted by atomic mass is 9.96. The predicted octanol–water partition coefficient (Wildman–Crippen LogP) is 4.77. The third kappa shape index (κ3) is 4.29. The second-order valence-electron chi connectivity index (χ2n) is 7.32. The summed E-state index contributed by atoms with van der Waals surface area (Å²) in [5, 5.41) is 13.3. The fourth-order valence-corrected chi connectivity index (χ4v) is 3.79. The molecule has 28 heavy (non-hydrogen) atoms. The molecule has 1 aliphatic rings. The number of aromatic nitrogens is 1. The average Bonchev–Trinajstić information content (AvgIpc) is 3.11. The Morgan fingerprint density at radius 1 is 1.00 bits per heavy atom. The largest absolute Gasteiger partial charge is 0.361 e. The maximum absolute atomic E-state index is 13.7. The van der Waals surface area contributed by atoms with Gasteiger partial charge in [-0.1, -0.05) is 29.4 Å². The van der Waals surface area contributed by atoms with Crippen LogP contribution in [0.25, 0.3) is 0 Å².